The fourth-order valence-electron chi connectivity index (χ4n) is 4.51. The van der Waals surface area contributed by atoms with E-state index < -0.39 is 0 Å². The average Bonchev–Trinajstić information content (AvgIpc) is 2.99. The van der Waals surface area contributed by atoms with Crippen LogP contribution >= 0.6 is 0 Å². The summed E-state index contributed by atoms with van der Waals surface area (Å²) in [5.74, 6) is 0.104. The molecule has 1 aromatic carbocycles. The Labute approximate surface area is 159 Å². The van der Waals surface area contributed by atoms with Crippen molar-refractivity contribution >= 4 is 11.8 Å². The normalized spacial score (nSPS) is 25.0. The molecule has 2 aromatic rings. The zero-order chi connectivity index (χ0) is 18.7. The van der Waals surface area contributed by atoms with E-state index in [0.29, 0.717) is 12.2 Å². The van der Waals surface area contributed by atoms with Crippen molar-refractivity contribution in [2.24, 2.45) is 5.41 Å². The number of aromatic nitrogens is 1. The van der Waals surface area contributed by atoms with Crippen LogP contribution in [0.2, 0.25) is 0 Å². The molecule has 1 aliphatic carbocycles. The molecule has 0 bridgehead atoms. The largest absolute Gasteiger partial charge is 0.348 e. The van der Waals surface area contributed by atoms with Crippen LogP contribution in [0.4, 0.5) is 0 Å². The van der Waals surface area contributed by atoms with Gasteiger partial charge in [-0.15, -0.1) is 0 Å². The minimum Gasteiger partial charge on any atom is -0.348 e. The molecule has 4 rings (SSSR count). The Kier molecular flexibility index (Phi) is 4.92. The molecule has 1 aliphatic heterocycles. The maximum Gasteiger partial charge on any atom is 0.270 e. The van der Waals surface area contributed by atoms with Gasteiger partial charge in [0.15, 0.2) is 0 Å². The van der Waals surface area contributed by atoms with E-state index in [9.17, 15) is 9.59 Å². The van der Waals surface area contributed by atoms with Gasteiger partial charge in [-0.3, -0.25) is 14.6 Å². The third-order valence-corrected chi connectivity index (χ3v) is 5.90. The topological polar surface area (TPSA) is 62.3 Å². The molecule has 2 atom stereocenters. The maximum absolute atomic E-state index is 13.2. The highest BCUT2D eigenvalue weighted by Crippen LogP contribution is 2.45. The second-order valence-electron chi connectivity index (χ2n) is 7.72. The first-order chi connectivity index (χ1) is 13.2. The molecule has 2 fully saturated rings. The Morgan fingerprint density at radius 1 is 1.15 bits per heavy atom. The van der Waals surface area contributed by atoms with Crippen LogP contribution < -0.4 is 5.32 Å². The van der Waals surface area contributed by atoms with Gasteiger partial charge in [0.2, 0.25) is 5.91 Å². The summed E-state index contributed by atoms with van der Waals surface area (Å²) >= 11 is 0. The number of rotatable bonds is 4. The summed E-state index contributed by atoms with van der Waals surface area (Å²) < 4.78 is 0. The Morgan fingerprint density at radius 3 is 2.74 bits per heavy atom. The first kappa shape index (κ1) is 17.7. The molecule has 0 radical (unpaired) electrons. The zero-order valence-electron chi connectivity index (χ0n) is 15.4. The van der Waals surface area contributed by atoms with Crippen molar-refractivity contribution in [2.45, 2.75) is 44.7 Å². The summed E-state index contributed by atoms with van der Waals surface area (Å²) in [6.45, 7) is 1.47. The minimum atomic E-state index is -0.310. The molecule has 1 N–H and O–H groups in total. The van der Waals surface area contributed by atoms with Gasteiger partial charge in [0.1, 0.15) is 5.69 Å². The van der Waals surface area contributed by atoms with Gasteiger partial charge in [-0.05, 0) is 43.4 Å². The number of hydrogen-bond donors (Lipinski definition) is 1. The summed E-state index contributed by atoms with van der Waals surface area (Å²) in [6, 6.07) is 15.5. The van der Waals surface area contributed by atoms with Crippen molar-refractivity contribution < 1.29 is 9.59 Å². The zero-order valence-corrected chi connectivity index (χ0v) is 15.4. The van der Waals surface area contributed by atoms with Crippen LogP contribution in [0, 0.1) is 5.41 Å². The summed E-state index contributed by atoms with van der Waals surface area (Å²) in [6.07, 6.45) is 6.06. The number of likely N-dealkylation sites (tertiary alicyclic amines) is 1. The van der Waals surface area contributed by atoms with Crippen molar-refractivity contribution in [1.29, 1.82) is 0 Å². The van der Waals surface area contributed by atoms with Gasteiger partial charge in [-0.2, -0.15) is 0 Å². The van der Waals surface area contributed by atoms with Gasteiger partial charge in [0.05, 0.1) is 5.41 Å². The van der Waals surface area contributed by atoms with Crippen molar-refractivity contribution in [2.75, 3.05) is 6.54 Å². The lowest BCUT2D eigenvalue weighted by molar-refractivity contribution is -0.138. The number of nitrogens with zero attached hydrogens (tertiary/aromatic N) is 2. The van der Waals surface area contributed by atoms with Crippen molar-refractivity contribution in [1.82, 2.24) is 15.2 Å². The van der Waals surface area contributed by atoms with Crippen molar-refractivity contribution in [3.8, 4) is 0 Å². The number of carbonyl (C=O) groups is 2. The predicted molar refractivity (Wildman–Crippen MR) is 103 cm³/mol. The number of nitrogens with one attached hydrogen (secondary N) is 1. The molecule has 2 aliphatic rings. The van der Waals surface area contributed by atoms with E-state index in [-0.39, 0.29) is 23.3 Å². The van der Waals surface area contributed by atoms with Gasteiger partial charge in [-0.25, -0.2) is 0 Å². The Balaban J connectivity index is 1.41. The lowest BCUT2D eigenvalue weighted by atomic mass is 9.71. The van der Waals surface area contributed by atoms with Gasteiger partial charge in [-0.1, -0.05) is 42.8 Å². The number of benzene rings is 1. The third kappa shape index (κ3) is 3.72. The second kappa shape index (κ2) is 7.51. The van der Waals surface area contributed by atoms with Crippen LogP contribution in [0.15, 0.2) is 54.7 Å². The fourth-order valence-corrected chi connectivity index (χ4v) is 4.51. The molecule has 2 unspecified atom stereocenters. The molecule has 5 heteroatoms. The average molecular weight is 363 g/mol. The lowest BCUT2D eigenvalue weighted by Gasteiger charge is -2.36. The van der Waals surface area contributed by atoms with E-state index in [4.69, 9.17) is 0 Å². The van der Waals surface area contributed by atoms with Gasteiger partial charge in [0.25, 0.3) is 5.91 Å². The number of hydrogen-bond acceptors (Lipinski definition) is 3. The van der Waals surface area contributed by atoms with Crippen LogP contribution in [0.1, 0.15) is 48.2 Å². The highest BCUT2D eigenvalue weighted by Gasteiger charge is 2.49. The number of pyridine rings is 1. The SMILES string of the molecule is O=C(NC1CCCC2(CCN(Cc3ccccc3)C2=O)C1)c1ccccn1. The Morgan fingerprint density at radius 2 is 1.96 bits per heavy atom. The van der Waals surface area contributed by atoms with Crippen molar-refractivity contribution in [3.63, 3.8) is 0 Å². The Hall–Kier alpha value is -2.69. The van der Waals surface area contributed by atoms with E-state index in [0.717, 1.165) is 38.6 Å². The van der Waals surface area contributed by atoms with Gasteiger partial charge in [0, 0.05) is 25.3 Å². The summed E-state index contributed by atoms with van der Waals surface area (Å²) in [4.78, 5) is 31.7. The molecule has 5 nitrogen and oxygen atoms in total. The van der Waals surface area contributed by atoms with Crippen LogP contribution in [0.5, 0.6) is 0 Å². The molecule has 1 saturated carbocycles. The quantitative estimate of drug-likeness (QED) is 0.907. The van der Waals surface area contributed by atoms with Crippen LogP contribution in [0.25, 0.3) is 0 Å². The fraction of sp³-hybridized carbons (Fsp3) is 0.409. The highest BCUT2D eigenvalue weighted by atomic mass is 16.2. The summed E-state index contributed by atoms with van der Waals surface area (Å²) in [5, 5.41) is 3.10. The van der Waals surface area contributed by atoms with E-state index in [1.807, 2.05) is 29.2 Å². The van der Waals surface area contributed by atoms with Gasteiger partial charge >= 0.3 is 0 Å². The van der Waals surface area contributed by atoms with E-state index in [1.165, 1.54) is 5.56 Å². The smallest absolute Gasteiger partial charge is 0.270 e. The molecule has 140 valence electrons. The first-order valence-corrected chi connectivity index (χ1v) is 9.71. The summed E-state index contributed by atoms with van der Waals surface area (Å²) in [7, 11) is 0. The number of carbonyl (C=O) groups excluding carboxylic acids is 2. The van der Waals surface area contributed by atoms with E-state index >= 15 is 0 Å². The minimum absolute atomic E-state index is 0.0360. The molecule has 2 amide bonds. The van der Waals surface area contributed by atoms with Crippen LogP contribution in [-0.4, -0.2) is 34.3 Å². The molecule has 1 spiro atoms. The number of amides is 2. The molecule has 1 aromatic heterocycles. The summed E-state index contributed by atoms with van der Waals surface area (Å²) in [5.41, 5.74) is 1.29. The highest BCUT2D eigenvalue weighted by molar-refractivity contribution is 5.92. The first-order valence-electron chi connectivity index (χ1n) is 9.71. The standard InChI is InChI=1S/C22H25N3O2/c26-20(19-10-4-5-13-23-19)24-18-9-6-11-22(15-18)12-14-25(21(22)27)16-17-7-2-1-3-8-17/h1-5,7-8,10,13,18H,6,9,11-12,14-16H2,(H,24,26). The molecule has 1 saturated heterocycles. The monoisotopic (exact) mass is 363 g/mol. The third-order valence-electron chi connectivity index (χ3n) is 5.90. The maximum atomic E-state index is 13.2. The second-order valence-corrected chi connectivity index (χ2v) is 7.72. The molecular weight excluding hydrogens is 338 g/mol. The molecule has 2 heterocycles. The van der Waals surface area contributed by atoms with Crippen molar-refractivity contribution in [3.05, 3.63) is 66.0 Å². The Bertz CT molecular complexity index is 809. The molecule has 27 heavy (non-hydrogen) atoms. The predicted octanol–water partition coefficient (Wildman–Crippen LogP) is 3.17. The van der Waals surface area contributed by atoms with E-state index in [2.05, 4.69) is 22.4 Å². The van der Waals surface area contributed by atoms with Gasteiger partial charge < -0.3 is 10.2 Å². The van der Waals surface area contributed by atoms with Crippen LogP contribution in [-0.2, 0) is 11.3 Å². The lowest BCUT2D eigenvalue weighted by Crippen LogP contribution is -2.45. The molecular formula is C22H25N3O2. The van der Waals surface area contributed by atoms with Crippen LogP contribution in [0.3, 0.4) is 0 Å². The van der Waals surface area contributed by atoms with E-state index in [1.54, 1.807) is 18.3 Å².